The van der Waals surface area contributed by atoms with E-state index in [0.717, 1.165) is 11.1 Å². The summed E-state index contributed by atoms with van der Waals surface area (Å²) in [5, 5.41) is 0. The summed E-state index contributed by atoms with van der Waals surface area (Å²) >= 11 is 6.10. The van der Waals surface area contributed by atoms with Crippen molar-refractivity contribution in [1.82, 2.24) is 0 Å². The van der Waals surface area contributed by atoms with Crippen LogP contribution in [-0.2, 0) is 14.3 Å². The van der Waals surface area contributed by atoms with Crippen molar-refractivity contribution in [3.8, 4) is 0 Å². The largest absolute Gasteiger partial charge is 0.493 e. The van der Waals surface area contributed by atoms with Crippen molar-refractivity contribution in [2.24, 2.45) is 0 Å². The number of benzene rings is 1. The lowest BCUT2D eigenvalue weighted by Gasteiger charge is -2.31. The van der Waals surface area contributed by atoms with Crippen molar-refractivity contribution in [1.29, 1.82) is 0 Å². The average molecular weight is 277 g/mol. The monoisotopic (exact) mass is 276 g/mol. The molecule has 0 saturated carbocycles. The highest BCUT2D eigenvalue weighted by molar-refractivity contribution is 6.20. The topological polar surface area (TPSA) is 35.5 Å². The normalized spacial score (nSPS) is 28.9. The smallest absolute Gasteiger partial charge is 0.229 e. The van der Waals surface area contributed by atoms with Crippen molar-refractivity contribution in [2.45, 2.75) is 11.7 Å². The van der Waals surface area contributed by atoms with Gasteiger partial charge in [-0.1, -0.05) is 30.3 Å². The van der Waals surface area contributed by atoms with Crippen LogP contribution in [0.5, 0.6) is 0 Å². The minimum Gasteiger partial charge on any atom is -0.493 e. The maximum atomic E-state index is 12.0. The Morgan fingerprint density at radius 3 is 2.74 bits per heavy atom. The number of alkyl halides is 1. The summed E-state index contributed by atoms with van der Waals surface area (Å²) in [6.07, 6.45) is 2.92. The van der Waals surface area contributed by atoms with Crippen LogP contribution in [0.25, 0.3) is 5.57 Å². The predicted octanol–water partition coefficient (Wildman–Crippen LogP) is 2.56. The van der Waals surface area contributed by atoms with Crippen LogP contribution >= 0.6 is 11.6 Å². The van der Waals surface area contributed by atoms with Crippen LogP contribution in [0.2, 0.25) is 0 Å². The van der Waals surface area contributed by atoms with E-state index >= 15 is 0 Å². The lowest BCUT2D eigenvalue weighted by atomic mass is 9.90. The van der Waals surface area contributed by atoms with E-state index in [9.17, 15) is 4.79 Å². The third kappa shape index (κ3) is 1.81. The number of carbonyl (C=O) groups excluding carboxylic acids is 1. The lowest BCUT2D eigenvalue weighted by molar-refractivity contribution is -0.132. The van der Waals surface area contributed by atoms with Gasteiger partial charge in [0.05, 0.1) is 13.0 Å². The average Bonchev–Trinajstić information content (AvgIpc) is 2.80. The van der Waals surface area contributed by atoms with E-state index in [1.807, 2.05) is 36.4 Å². The van der Waals surface area contributed by atoms with Gasteiger partial charge in [0.15, 0.2) is 5.76 Å². The molecule has 2 aliphatic heterocycles. The summed E-state index contributed by atoms with van der Waals surface area (Å²) in [5.74, 6) is 0.401. The zero-order valence-electron chi connectivity index (χ0n) is 10.4. The van der Waals surface area contributed by atoms with E-state index in [4.69, 9.17) is 21.1 Å². The molecule has 2 aliphatic rings. The number of hydrogen-bond acceptors (Lipinski definition) is 3. The molecule has 0 amide bonds. The van der Waals surface area contributed by atoms with Crippen LogP contribution in [0.3, 0.4) is 0 Å². The minimum atomic E-state index is -0.771. The van der Waals surface area contributed by atoms with Gasteiger partial charge in [-0.15, -0.1) is 11.6 Å². The van der Waals surface area contributed by atoms with Crippen molar-refractivity contribution in [2.75, 3.05) is 13.0 Å². The Morgan fingerprint density at radius 1 is 1.37 bits per heavy atom. The third-order valence-corrected chi connectivity index (χ3v) is 3.88. The van der Waals surface area contributed by atoms with Gasteiger partial charge in [0.1, 0.15) is 11.7 Å². The molecule has 19 heavy (non-hydrogen) atoms. The molecule has 3 nitrogen and oxygen atoms in total. The molecular formula is C15H13ClO3. The second-order valence-corrected chi connectivity index (χ2v) is 4.85. The summed E-state index contributed by atoms with van der Waals surface area (Å²) in [6, 6.07) is 9.80. The molecule has 2 atom stereocenters. The Morgan fingerprint density at radius 2 is 2.11 bits per heavy atom. The molecule has 1 aromatic carbocycles. The van der Waals surface area contributed by atoms with Gasteiger partial charge in [0.2, 0.25) is 5.78 Å². The molecule has 0 aromatic heterocycles. The Kier molecular flexibility index (Phi) is 2.96. The highest BCUT2D eigenvalue weighted by atomic mass is 35.5. The van der Waals surface area contributed by atoms with Gasteiger partial charge in [-0.2, -0.15) is 0 Å². The number of rotatable bonds is 3. The van der Waals surface area contributed by atoms with E-state index in [1.54, 1.807) is 6.08 Å². The molecule has 0 saturated heterocycles. The molecule has 3 rings (SSSR count). The first kappa shape index (κ1) is 12.5. The first-order chi connectivity index (χ1) is 9.20. The summed E-state index contributed by atoms with van der Waals surface area (Å²) < 4.78 is 10.9. The van der Waals surface area contributed by atoms with Crippen LogP contribution in [0.1, 0.15) is 5.56 Å². The maximum Gasteiger partial charge on any atom is 0.229 e. The molecule has 0 aliphatic carbocycles. The summed E-state index contributed by atoms with van der Waals surface area (Å²) in [5.41, 5.74) is 1.16. The van der Waals surface area contributed by atoms with Gasteiger partial charge in [-0.05, 0) is 23.3 Å². The Bertz CT molecular complexity index is 576. The fraction of sp³-hybridized carbons (Fsp3) is 0.267. The molecule has 4 heteroatoms. The van der Waals surface area contributed by atoms with Crippen molar-refractivity contribution in [3.05, 3.63) is 53.8 Å². The van der Waals surface area contributed by atoms with E-state index in [-0.39, 0.29) is 11.7 Å². The Balaban J connectivity index is 2.13. The van der Waals surface area contributed by atoms with Gasteiger partial charge in [0.25, 0.3) is 0 Å². The highest BCUT2D eigenvalue weighted by Crippen LogP contribution is 2.44. The van der Waals surface area contributed by atoms with Crippen LogP contribution in [0.15, 0.2) is 48.2 Å². The number of fused-ring (bicyclic) bond motifs is 2. The molecule has 0 spiro atoms. The fourth-order valence-electron chi connectivity index (χ4n) is 2.54. The number of carbonyl (C=O) groups is 1. The molecule has 0 fully saturated rings. The first-order valence-corrected chi connectivity index (χ1v) is 6.56. The van der Waals surface area contributed by atoms with Crippen molar-refractivity contribution >= 4 is 23.0 Å². The van der Waals surface area contributed by atoms with E-state index in [0.29, 0.717) is 5.76 Å². The van der Waals surface area contributed by atoms with Crippen LogP contribution < -0.4 is 0 Å². The zero-order chi connectivity index (χ0) is 13.5. The first-order valence-electron chi connectivity index (χ1n) is 6.03. The minimum absolute atomic E-state index is 0.158. The Hall–Kier alpha value is -1.58. The number of ketones is 1. The van der Waals surface area contributed by atoms with E-state index in [1.165, 1.54) is 7.11 Å². The zero-order valence-corrected chi connectivity index (χ0v) is 11.2. The van der Waals surface area contributed by atoms with Crippen LogP contribution in [0, 0.1) is 0 Å². The number of halogens is 1. The summed E-state index contributed by atoms with van der Waals surface area (Å²) in [6.45, 7) is 0. The number of Topliss-reactive ketones (excluding diaryl/α,β-unsaturated/α-hetero) is 1. The molecule has 1 aromatic rings. The number of hydrogen-bond donors (Lipinski definition) is 0. The molecule has 0 N–H and O–H groups in total. The predicted molar refractivity (Wildman–Crippen MR) is 72.8 cm³/mol. The SMILES string of the molecule is COC1=C[C@@]2(CCl)O[C@H](C=C2c2ccccc2)C1=O. The molecule has 2 heterocycles. The molecule has 0 radical (unpaired) electrons. The second-order valence-electron chi connectivity index (χ2n) is 4.58. The second kappa shape index (κ2) is 4.51. The lowest BCUT2D eigenvalue weighted by Crippen LogP contribution is -2.40. The van der Waals surface area contributed by atoms with Crippen molar-refractivity contribution < 1.29 is 14.3 Å². The van der Waals surface area contributed by atoms with E-state index < -0.39 is 11.7 Å². The van der Waals surface area contributed by atoms with Gasteiger partial charge in [-0.3, -0.25) is 4.79 Å². The standard InChI is InChI=1S/C15H13ClO3/c1-18-13-8-15(9-16)11(7-12(19-15)14(13)17)10-5-3-2-4-6-10/h2-8,12H,9H2,1H3/t12-,15+/m1/s1. The van der Waals surface area contributed by atoms with Gasteiger partial charge >= 0.3 is 0 Å². The van der Waals surface area contributed by atoms with Crippen LogP contribution in [-0.4, -0.2) is 30.5 Å². The third-order valence-electron chi connectivity index (χ3n) is 3.48. The van der Waals surface area contributed by atoms with Gasteiger partial charge in [-0.25, -0.2) is 0 Å². The number of ether oxygens (including phenoxy) is 2. The van der Waals surface area contributed by atoms with Gasteiger partial charge in [0, 0.05) is 0 Å². The fourth-order valence-corrected chi connectivity index (χ4v) is 2.82. The molecule has 2 bridgehead atoms. The molecule has 0 unspecified atom stereocenters. The highest BCUT2D eigenvalue weighted by Gasteiger charge is 2.48. The van der Waals surface area contributed by atoms with E-state index in [2.05, 4.69) is 0 Å². The quantitative estimate of drug-likeness (QED) is 0.796. The van der Waals surface area contributed by atoms with Gasteiger partial charge < -0.3 is 9.47 Å². The Labute approximate surface area is 116 Å². The van der Waals surface area contributed by atoms with Crippen LogP contribution in [0.4, 0.5) is 0 Å². The molecular weight excluding hydrogens is 264 g/mol. The number of methoxy groups -OCH3 is 1. The summed E-state index contributed by atoms with van der Waals surface area (Å²) in [7, 11) is 1.48. The maximum absolute atomic E-state index is 12.0. The summed E-state index contributed by atoms with van der Waals surface area (Å²) in [4.78, 5) is 12.0. The van der Waals surface area contributed by atoms with Crippen molar-refractivity contribution in [3.63, 3.8) is 0 Å². The molecule has 98 valence electrons.